The van der Waals surface area contributed by atoms with Gasteiger partial charge in [0.25, 0.3) is 0 Å². The molecule has 0 aliphatic heterocycles. The molecule has 2 aromatic rings. The summed E-state index contributed by atoms with van der Waals surface area (Å²) in [5, 5.41) is 9.58. The Labute approximate surface area is 124 Å². The van der Waals surface area contributed by atoms with Crippen LogP contribution in [0.15, 0.2) is 36.4 Å². The molecular weight excluding hydrogens is 270 g/mol. The molecule has 1 atom stereocenters. The number of ether oxygens (including phenoxy) is 3. The lowest BCUT2D eigenvalue weighted by Crippen LogP contribution is -2.01. The lowest BCUT2D eigenvalue weighted by molar-refractivity contribution is 0.198. The van der Waals surface area contributed by atoms with Crippen LogP contribution in [0.2, 0.25) is 0 Å². The summed E-state index contributed by atoms with van der Waals surface area (Å²) in [7, 11) is 3.14. The number of aromatic nitrogens is 1. The van der Waals surface area contributed by atoms with Gasteiger partial charge in [-0.15, -0.1) is 0 Å². The molecule has 5 heteroatoms. The quantitative estimate of drug-likeness (QED) is 0.886. The Morgan fingerprint density at radius 1 is 1.10 bits per heavy atom. The molecule has 2 rings (SSSR count). The van der Waals surface area contributed by atoms with Crippen LogP contribution < -0.4 is 14.2 Å². The van der Waals surface area contributed by atoms with E-state index in [-0.39, 0.29) is 0 Å². The number of methoxy groups -OCH3 is 2. The van der Waals surface area contributed by atoms with E-state index in [1.807, 2.05) is 18.2 Å². The highest BCUT2D eigenvalue weighted by molar-refractivity contribution is 5.43. The fourth-order valence-corrected chi connectivity index (χ4v) is 1.87. The third kappa shape index (κ3) is 3.86. The number of pyridine rings is 1. The Bertz CT molecular complexity index is 599. The monoisotopic (exact) mass is 289 g/mol. The highest BCUT2D eigenvalue weighted by atomic mass is 16.5. The van der Waals surface area contributed by atoms with Gasteiger partial charge in [-0.05, 0) is 30.7 Å². The molecule has 0 saturated heterocycles. The van der Waals surface area contributed by atoms with Gasteiger partial charge in [-0.25, -0.2) is 4.98 Å². The molecule has 0 bridgehead atoms. The van der Waals surface area contributed by atoms with E-state index in [4.69, 9.17) is 14.2 Å². The van der Waals surface area contributed by atoms with E-state index in [9.17, 15) is 5.11 Å². The number of rotatable bonds is 6. The number of hydrogen-bond donors (Lipinski definition) is 1. The van der Waals surface area contributed by atoms with Gasteiger partial charge in [-0.1, -0.05) is 12.1 Å². The smallest absolute Gasteiger partial charge is 0.213 e. The molecule has 0 saturated carbocycles. The normalized spacial score (nSPS) is 11.8. The lowest BCUT2D eigenvalue weighted by atomic mass is 10.1. The standard InChI is InChI=1S/C16H19NO4/c1-11(18)12-7-8-14(15(9-12)19-2)21-10-13-5-4-6-16(17-13)20-3/h4-9,11,18H,10H2,1-3H3/t11-/m1/s1. The van der Waals surface area contributed by atoms with Crippen LogP contribution in [0.3, 0.4) is 0 Å². The minimum Gasteiger partial charge on any atom is -0.493 e. The molecule has 1 aromatic heterocycles. The summed E-state index contributed by atoms with van der Waals surface area (Å²) in [6, 6.07) is 10.8. The van der Waals surface area contributed by atoms with Crippen LogP contribution in [-0.2, 0) is 6.61 Å². The average molecular weight is 289 g/mol. The zero-order chi connectivity index (χ0) is 15.2. The van der Waals surface area contributed by atoms with E-state index in [2.05, 4.69) is 4.98 Å². The molecule has 112 valence electrons. The Hall–Kier alpha value is -2.27. The van der Waals surface area contributed by atoms with E-state index < -0.39 is 6.10 Å². The molecule has 1 heterocycles. The van der Waals surface area contributed by atoms with E-state index >= 15 is 0 Å². The van der Waals surface area contributed by atoms with Crippen molar-refractivity contribution in [1.29, 1.82) is 0 Å². The van der Waals surface area contributed by atoms with Gasteiger partial charge >= 0.3 is 0 Å². The fourth-order valence-electron chi connectivity index (χ4n) is 1.87. The van der Waals surface area contributed by atoms with Crippen molar-refractivity contribution in [3.63, 3.8) is 0 Å². The van der Waals surface area contributed by atoms with Crippen molar-refractivity contribution >= 4 is 0 Å². The van der Waals surface area contributed by atoms with Crippen LogP contribution in [0.5, 0.6) is 17.4 Å². The Morgan fingerprint density at radius 2 is 1.90 bits per heavy atom. The highest BCUT2D eigenvalue weighted by Gasteiger charge is 2.09. The summed E-state index contributed by atoms with van der Waals surface area (Å²) in [5.41, 5.74) is 1.54. The van der Waals surface area contributed by atoms with Gasteiger partial charge in [0.05, 0.1) is 26.0 Å². The van der Waals surface area contributed by atoms with Gasteiger partial charge in [0.15, 0.2) is 11.5 Å². The number of benzene rings is 1. The molecule has 0 fully saturated rings. The zero-order valence-corrected chi connectivity index (χ0v) is 12.4. The van der Waals surface area contributed by atoms with Crippen LogP contribution >= 0.6 is 0 Å². The van der Waals surface area contributed by atoms with Crippen molar-refractivity contribution < 1.29 is 19.3 Å². The number of aliphatic hydroxyl groups is 1. The summed E-state index contributed by atoms with van der Waals surface area (Å²) in [5.74, 6) is 1.73. The van der Waals surface area contributed by atoms with Crippen LogP contribution in [0.25, 0.3) is 0 Å². The van der Waals surface area contributed by atoms with E-state index in [1.165, 1.54) is 0 Å². The summed E-state index contributed by atoms with van der Waals surface area (Å²) in [6.45, 7) is 2.01. The first kappa shape index (κ1) is 15.1. The molecule has 0 aliphatic carbocycles. The third-order valence-corrected chi connectivity index (χ3v) is 3.04. The fraction of sp³-hybridized carbons (Fsp3) is 0.312. The average Bonchev–Trinajstić information content (AvgIpc) is 2.52. The predicted octanol–water partition coefficient (Wildman–Crippen LogP) is 2.73. The van der Waals surface area contributed by atoms with Crippen LogP contribution in [-0.4, -0.2) is 24.3 Å². The first-order valence-electron chi connectivity index (χ1n) is 6.62. The SMILES string of the molecule is COc1cccc(COc2ccc([C@@H](C)O)cc2OC)n1. The minimum atomic E-state index is -0.548. The molecule has 5 nitrogen and oxygen atoms in total. The Balaban J connectivity index is 2.12. The highest BCUT2D eigenvalue weighted by Crippen LogP contribution is 2.30. The molecule has 0 unspecified atom stereocenters. The zero-order valence-electron chi connectivity index (χ0n) is 12.4. The van der Waals surface area contributed by atoms with Gasteiger partial charge < -0.3 is 19.3 Å². The van der Waals surface area contributed by atoms with Gasteiger partial charge in [0.1, 0.15) is 6.61 Å². The maximum Gasteiger partial charge on any atom is 0.213 e. The van der Waals surface area contributed by atoms with Gasteiger partial charge in [-0.3, -0.25) is 0 Å². The van der Waals surface area contributed by atoms with Crippen LogP contribution in [0, 0.1) is 0 Å². The van der Waals surface area contributed by atoms with Crippen LogP contribution in [0.1, 0.15) is 24.3 Å². The van der Waals surface area contributed by atoms with Crippen molar-refractivity contribution in [2.45, 2.75) is 19.6 Å². The number of hydrogen-bond acceptors (Lipinski definition) is 5. The molecule has 1 aromatic carbocycles. The second-order valence-electron chi connectivity index (χ2n) is 4.55. The van der Waals surface area contributed by atoms with E-state index in [1.54, 1.807) is 39.3 Å². The molecular formula is C16H19NO4. The van der Waals surface area contributed by atoms with Crippen LogP contribution in [0.4, 0.5) is 0 Å². The lowest BCUT2D eigenvalue weighted by Gasteiger charge is -2.13. The topological polar surface area (TPSA) is 60.8 Å². The van der Waals surface area contributed by atoms with Gasteiger partial charge in [0, 0.05) is 6.07 Å². The first-order valence-corrected chi connectivity index (χ1v) is 6.62. The largest absolute Gasteiger partial charge is 0.493 e. The van der Waals surface area contributed by atoms with Crippen molar-refractivity contribution in [2.24, 2.45) is 0 Å². The second-order valence-corrected chi connectivity index (χ2v) is 4.55. The van der Waals surface area contributed by atoms with Crippen molar-refractivity contribution in [3.05, 3.63) is 47.7 Å². The van der Waals surface area contributed by atoms with Crippen molar-refractivity contribution in [3.8, 4) is 17.4 Å². The third-order valence-electron chi connectivity index (χ3n) is 3.04. The second kappa shape index (κ2) is 6.95. The number of aliphatic hydroxyl groups excluding tert-OH is 1. The minimum absolute atomic E-state index is 0.307. The maximum absolute atomic E-state index is 9.58. The van der Waals surface area contributed by atoms with Crippen molar-refractivity contribution in [1.82, 2.24) is 4.98 Å². The van der Waals surface area contributed by atoms with Gasteiger partial charge in [0.2, 0.25) is 5.88 Å². The summed E-state index contributed by atoms with van der Waals surface area (Å²) in [4.78, 5) is 4.28. The Morgan fingerprint density at radius 3 is 2.57 bits per heavy atom. The summed E-state index contributed by atoms with van der Waals surface area (Å²) >= 11 is 0. The molecule has 1 N–H and O–H groups in total. The van der Waals surface area contributed by atoms with Gasteiger partial charge in [-0.2, -0.15) is 0 Å². The molecule has 21 heavy (non-hydrogen) atoms. The van der Waals surface area contributed by atoms with E-state index in [0.717, 1.165) is 11.3 Å². The molecule has 0 aliphatic rings. The first-order chi connectivity index (χ1) is 10.1. The maximum atomic E-state index is 9.58. The Kier molecular flexibility index (Phi) is 5.00. The van der Waals surface area contributed by atoms with Crippen molar-refractivity contribution in [2.75, 3.05) is 14.2 Å². The summed E-state index contributed by atoms with van der Waals surface area (Å²) < 4.78 is 16.1. The number of nitrogens with zero attached hydrogens (tertiary/aromatic N) is 1. The molecule has 0 amide bonds. The van der Waals surface area contributed by atoms with E-state index in [0.29, 0.717) is 24.0 Å². The molecule has 0 radical (unpaired) electrons. The summed E-state index contributed by atoms with van der Waals surface area (Å²) in [6.07, 6.45) is -0.548. The molecule has 0 spiro atoms. The predicted molar refractivity (Wildman–Crippen MR) is 78.7 cm³/mol.